The molecule has 20 heavy (non-hydrogen) atoms. The first-order valence-corrected chi connectivity index (χ1v) is 9.16. The topological polar surface area (TPSA) is 37.4 Å². The van der Waals surface area contributed by atoms with Gasteiger partial charge in [-0.1, -0.05) is 25.5 Å². The minimum Gasteiger partial charge on any atom is -0.207 e. The molecule has 0 aliphatic heterocycles. The summed E-state index contributed by atoms with van der Waals surface area (Å²) in [4.78, 5) is 0.415. The summed E-state index contributed by atoms with van der Waals surface area (Å²) in [5.74, 6) is 0.341. The third-order valence-electron chi connectivity index (χ3n) is 3.81. The molecule has 112 valence electrons. The van der Waals surface area contributed by atoms with Gasteiger partial charge >= 0.3 is 0 Å². The van der Waals surface area contributed by atoms with Crippen LogP contribution in [0.3, 0.4) is 0 Å². The van der Waals surface area contributed by atoms with Crippen molar-refractivity contribution in [1.82, 2.24) is 4.31 Å². The number of rotatable bonds is 7. The first-order chi connectivity index (χ1) is 9.52. The van der Waals surface area contributed by atoms with Crippen LogP contribution >= 0.6 is 11.6 Å². The Morgan fingerprint density at radius 1 is 1.35 bits per heavy atom. The predicted octanol–water partition coefficient (Wildman–Crippen LogP) is 3.69. The van der Waals surface area contributed by atoms with Gasteiger partial charge in [0.15, 0.2) is 0 Å². The van der Waals surface area contributed by atoms with Crippen LogP contribution in [0.1, 0.15) is 43.7 Å². The Labute approximate surface area is 127 Å². The second-order valence-electron chi connectivity index (χ2n) is 5.37. The van der Waals surface area contributed by atoms with Crippen LogP contribution in [0.2, 0.25) is 0 Å². The van der Waals surface area contributed by atoms with Crippen molar-refractivity contribution in [3.63, 3.8) is 0 Å². The molecule has 2 rings (SSSR count). The summed E-state index contributed by atoms with van der Waals surface area (Å²) in [5.41, 5.74) is 1.67. The summed E-state index contributed by atoms with van der Waals surface area (Å²) in [6, 6.07) is 5.56. The number of alkyl halides is 1. The van der Waals surface area contributed by atoms with Gasteiger partial charge in [-0.3, -0.25) is 0 Å². The van der Waals surface area contributed by atoms with E-state index < -0.39 is 10.0 Å². The van der Waals surface area contributed by atoms with Crippen LogP contribution in [-0.2, 0) is 15.9 Å². The molecule has 0 N–H and O–H groups in total. The van der Waals surface area contributed by atoms with Gasteiger partial charge in [-0.15, -0.1) is 11.6 Å². The molecule has 0 amide bonds. The van der Waals surface area contributed by atoms with E-state index in [1.54, 1.807) is 16.4 Å². The molecule has 0 unspecified atom stereocenters. The second-order valence-corrected chi connectivity index (χ2v) is 7.50. The lowest BCUT2D eigenvalue weighted by molar-refractivity contribution is 0.395. The van der Waals surface area contributed by atoms with E-state index in [1.807, 2.05) is 13.0 Å². The molecule has 0 saturated heterocycles. The molecule has 1 aliphatic rings. The van der Waals surface area contributed by atoms with Crippen LogP contribution in [0.15, 0.2) is 23.1 Å². The lowest BCUT2D eigenvalue weighted by atomic mass is 10.1. The lowest BCUT2D eigenvalue weighted by Crippen LogP contribution is -2.34. The van der Waals surface area contributed by atoms with Crippen LogP contribution in [0, 0.1) is 6.92 Å². The van der Waals surface area contributed by atoms with Crippen molar-refractivity contribution in [3.8, 4) is 0 Å². The lowest BCUT2D eigenvalue weighted by Gasteiger charge is -2.23. The number of halogens is 1. The Morgan fingerprint density at radius 2 is 2.05 bits per heavy atom. The van der Waals surface area contributed by atoms with Crippen molar-refractivity contribution in [1.29, 1.82) is 0 Å². The highest BCUT2D eigenvalue weighted by Crippen LogP contribution is 2.33. The van der Waals surface area contributed by atoms with Crippen molar-refractivity contribution in [2.75, 3.05) is 6.54 Å². The average Bonchev–Trinajstić information content (AvgIpc) is 3.23. The van der Waals surface area contributed by atoms with Gasteiger partial charge in [0.2, 0.25) is 10.0 Å². The molecule has 3 nitrogen and oxygen atoms in total. The number of unbranched alkanes of at least 4 members (excludes halogenated alkanes) is 1. The van der Waals surface area contributed by atoms with Crippen LogP contribution in [0.25, 0.3) is 0 Å². The first-order valence-electron chi connectivity index (χ1n) is 7.18. The zero-order chi connectivity index (χ0) is 14.8. The van der Waals surface area contributed by atoms with E-state index in [-0.39, 0.29) is 6.04 Å². The molecule has 0 radical (unpaired) electrons. The van der Waals surface area contributed by atoms with Crippen LogP contribution in [-0.4, -0.2) is 25.3 Å². The largest absolute Gasteiger partial charge is 0.243 e. The fourth-order valence-electron chi connectivity index (χ4n) is 2.39. The molecule has 0 atom stereocenters. The van der Waals surface area contributed by atoms with Crippen molar-refractivity contribution in [2.45, 2.75) is 56.3 Å². The minimum atomic E-state index is -3.40. The summed E-state index contributed by atoms with van der Waals surface area (Å²) < 4.78 is 27.5. The monoisotopic (exact) mass is 315 g/mol. The number of sulfonamides is 1. The van der Waals surface area contributed by atoms with Gasteiger partial charge in [-0.2, -0.15) is 4.31 Å². The number of hydrogen-bond donors (Lipinski definition) is 0. The van der Waals surface area contributed by atoms with Crippen molar-refractivity contribution >= 4 is 21.6 Å². The van der Waals surface area contributed by atoms with Gasteiger partial charge in [0, 0.05) is 18.5 Å². The van der Waals surface area contributed by atoms with E-state index >= 15 is 0 Å². The smallest absolute Gasteiger partial charge is 0.207 e. The molecule has 1 aromatic rings. The van der Waals surface area contributed by atoms with Gasteiger partial charge in [-0.05, 0) is 43.4 Å². The second kappa shape index (κ2) is 6.46. The number of benzene rings is 1. The third-order valence-corrected chi connectivity index (χ3v) is 6.20. The van der Waals surface area contributed by atoms with Gasteiger partial charge in [0.05, 0.1) is 4.90 Å². The summed E-state index contributed by atoms with van der Waals surface area (Å²) in [7, 11) is -3.40. The predicted molar refractivity (Wildman–Crippen MR) is 82.6 cm³/mol. The molecule has 0 aromatic heterocycles. The Kier molecular flexibility index (Phi) is 5.10. The maximum Gasteiger partial charge on any atom is 0.243 e. The molecule has 1 fully saturated rings. The van der Waals surface area contributed by atoms with Crippen LogP contribution in [0.4, 0.5) is 0 Å². The quantitative estimate of drug-likeness (QED) is 0.720. The normalized spacial score (nSPS) is 15.8. The molecule has 1 aromatic carbocycles. The average molecular weight is 316 g/mol. The van der Waals surface area contributed by atoms with Crippen molar-refractivity contribution < 1.29 is 8.42 Å². The summed E-state index contributed by atoms with van der Waals surface area (Å²) in [6.45, 7) is 4.54. The van der Waals surface area contributed by atoms with E-state index in [9.17, 15) is 8.42 Å². The highest BCUT2D eigenvalue weighted by molar-refractivity contribution is 7.89. The van der Waals surface area contributed by atoms with Crippen LogP contribution < -0.4 is 0 Å². The SMILES string of the molecule is CCCCN(C1CC1)S(=O)(=O)c1cccc(CCl)c1C. The zero-order valence-electron chi connectivity index (χ0n) is 12.1. The van der Waals surface area contributed by atoms with Gasteiger partial charge in [0.1, 0.15) is 0 Å². The maximum absolute atomic E-state index is 12.9. The molecule has 1 aliphatic carbocycles. The molecule has 5 heteroatoms. The fraction of sp³-hybridized carbons (Fsp3) is 0.600. The summed E-state index contributed by atoms with van der Waals surface area (Å²) in [6.07, 6.45) is 3.87. The number of hydrogen-bond acceptors (Lipinski definition) is 2. The highest BCUT2D eigenvalue weighted by Gasteiger charge is 2.38. The Morgan fingerprint density at radius 3 is 2.60 bits per heavy atom. The number of nitrogens with zero attached hydrogens (tertiary/aromatic N) is 1. The highest BCUT2D eigenvalue weighted by atomic mass is 35.5. The molecule has 0 spiro atoms. The molecular weight excluding hydrogens is 294 g/mol. The van der Waals surface area contributed by atoms with E-state index in [2.05, 4.69) is 6.92 Å². The third kappa shape index (κ3) is 3.18. The van der Waals surface area contributed by atoms with Crippen molar-refractivity contribution in [3.05, 3.63) is 29.3 Å². The van der Waals surface area contributed by atoms with E-state index in [0.29, 0.717) is 17.3 Å². The van der Waals surface area contributed by atoms with Gasteiger partial charge in [0.25, 0.3) is 0 Å². The van der Waals surface area contributed by atoms with Gasteiger partial charge < -0.3 is 0 Å². The standard InChI is InChI=1S/C15H22ClNO2S/c1-3-4-10-17(14-8-9-14)20(18,19)15-7-5-6-13(11-16)12(15)2/h5-7,14H,3-4,8-11H2,1-2H3. The van der Waals surface area contributed by atoms with E-state index in [0.717, 1.165) is 36.8 Å². The zero-order valence-corrected chi connectivity index (χ0v) is 13.7. The van der Waals surface area contributed by atoms with E-state index in [4.69, 9.17) is 11.6 Å². The molecule has 1 saturated carbocycles. The van der Waals surface area contributed by atoms with Gasteiger partial charge in [-0.25, -0.2) is 8.42 Å². The first kappa shape index (κ1) is 15.8. The molecule has 0 heterocycles. The van der Waals surface area contributed by atoms with E-state index in [1.165, 1.54) is 0 Å². The minimum absolute atomic E-state index is 0.200. The maximum atomic E-state index is 12.9. The summed E-state index contributed by atoms with van der Waals surface area (Å²) in [5, 5.41) is 0. The molecule has 0 bridgehead atoms. The Balaban J connectivity index is 2.37. The Bertz CT molecular complexity index is 567. The Hall–Kier alpha value is -0.580. The van der Waals surface area contributed by atoms with Crippen LogP contribution in [0.5, 0.6) is 0 Å². The fourth-order valence-corrected chi connectivity index (χ4v) is 4.67. The summed E-state index contributed by atoms with van der Waals surface area (Å²) >= 11 is 5.88. The van der Waals surface area contributed by atoms with Crippen molar-refractivity contribution in [2.24, 2.45) is 0 Å². The molecular formula is C15H22ClNO2S.